The molecule has 0 atom stereocenters. The summed E-state index contributed by atoms with van der Waals surface area (Å²) in [5.41, 5.74) is 30.2. The molecule has 5 heterocycles. The maximum absolute atomic E-state index is 6.86. The third-order valence-corrected chi connectivity index (χ3v) is 29.3. The van der Waals surface area contributed by atoms with Gasteiger partial charge in [-0.25, -0.2) is 0 Å². The summed E-state index contributed by atoms with van der Waals surface area (Å²) in [6, 6.07) is 181. The minimum absolute atomic E-state index is 0.865. The van der Waals surface area contributed by atoms with E-state index < -0.39 is 0 Å². The number of pyridine rings is 1. The molecule has 142 heavy (non-hydrogen) atoms. The van der Waals surface area contributed by atoms with E-state index in [1.807, 2.05) is 30.5 Å². The second-order valence-electron chi connectivity index (χ2n) is 37.2. The smallest absolute Gasteiger partial charge is 0.145 e. The van der Waals surface area contributed by atoms with Crippen molar-refractivity contribution >= 4 is 185 Å². The van der Waals surface area contributed by atoms with Crippen molar-refractivity contribution in [3.8, 4) is 106 Å². The van der Waals surface area contributed by atoms with E-state index in [1.54, 1.807) is 0 Å². The molecule has 0 unspecified atom stereocenters. The van der Waals surface area contributed by atoms with Gasteiger partial charge in [0.05, 0.1) is 16.7 Å². The topological polar surface area (TPSA) is 57.2 Å². The Labute approximate surface area is 817 Å². The molecule has 0 spiro atoms. The number of para-hydroxylation sites is 4. The summed E-state index contributed by atoms with van der Waals surface area (Å²) in [5, 5.41) is 31.6. The number of rotatable bonds is 10. The molecule has 0 radical (unpaired) electrons. The van der Waals surface area contributed by atoms with E-state index in [0.29, 0.717) is 0 Å². The fraction of sp³-hybridized carbons (Fsp3) is 0. The number of nitrogens with zero attached hydrogens (tertiary/aromatic N) is 2. The Kier molecular flexibility index (Phi) is 19.3. The van der Waals surface area contributed by atoms with E-state index in [4.69, 9.17) is 13.3 Å². The molecule has 0 amide bonds. The van der Waals surface area contributed by atoms with Gasteiger partial charge in [-0.2, -0.15) is 0 Å². The van der Waals surface area contributed by atoms with Crippen LogP contribution in [0.5, 0.6) is 0 Å². The van der Waals surface area contributed by atoms with Gasteiger partial charge < -0.3 is 17.8 Å². The number of aromatic nitrogens is 2. The van der Waals surface area contributed by atoms with Crippen LogP contribution in [0.1, 0.15) is 0 Å². The molecular weight excluding hydrogens is 1720 g/mol. The third kappa shape index (κ3) is 13.4. The maximum Gasteiger partial charge on any atom is 0.145 e. The van der Waals surface area contributed by atoms with E-state index in [9.17, 15) is 0 Å². The van der Waals surface area contributed by atoms with Crippen LogP contribution in [-0.2, 0) is 0 Å². The van der Waals surface area contributed by atoms with Gasteiger partial charge in [0.1, 0.15) is 33.5 Å². The lowest BCUT2D eigenvalue weighted by Gasteiger charge is -2.19. The van der Waals surface area contributed by atoms with Crippen molar-refractivity contribution in [3.05, 3.63) is 510 Å². The van der Waals surface area contributed by atoms with Crippen molar-refractivity contribution in [2.45, 2.75) is 0 Å². The Morgan fingerprint density at radius 2 is 0.500 bits per heavy atom. The Balaban J connectivity index is 0.000000105. The van der Waals surface area contributed by atoms with Crippen LogP contribution in [-0.4, -0.2) is 9.55 Å². The molecule has 5 heteroatoms. The van der Waals surface area contributed by atoms with Crippen LogP contribution in [0.2, 0.25) is 0 Å². The average Bonchev–Trinajstić information content (AvgIpc) is 1.72. The Bertz CT molecular complexity index is 10200. The molecule has 30 rings (SSSR count). The van der Waals surface area contributed by atoms with Gasteiger partial charge in [0.2, 0.25) is 0 Å². The molecule has 0 fully saturated rings. The maximum atomic E-state index is 6.86. The SMILES string of the molecule is c1ccc(-c2ccc(-c3c4ccccc4c(-c4ccc5ccccc5c4)c4ccccc34)c3c2oc2ccccc23)nc1.c1ccc(-c2ccc3oc4ccc(-c5c6ccccc6c(-c6ccc7ccccc7c6)c6ccccc56)cc4c3c2)cc1.c1ccc(-n2c3ccccc3c3c(-c4cccc5c4oc4ccc(-c6c7ccccc7c(-c7ccc8ccccc8c7)c7ccccc67)cc45)cccc32)cc1. The summed E-state index contributed by atoms with van der Waals surface area (Å²) in [6.45, 7) is 0. The molecule has 0 aliphatic rings. The summed E-state index contributed by atoms with van der Waals surface area (Å²) in [7, 11) is 0. The fourth-order valence-electron chi connectivity index (χ4n) is 23.0. The van der Waals surface area contributed by atoms with Crippen molar-refractivity contribution in [2.75, 3.05) is 0 Å². The van der Waals surface area contributed by atoms with Crippen LogP contribution in [0, 0.1) is 0 Å². The minimum atomic E-state index is 0.865. The molecule has 0 saturated carbocycles. The molecule has 25 aromatic carbocycles. The second kappa shape index (κ2) is 33.6. The quantitative estimate of drug-likeness (QED) is 0.128. The number of benzene rings is 25. The molecule has 5 nitrogen and oxygen atoms in total. The lowest BCUT2D eigenvalue weighted by atomic mass is 9.84. The number of hydrogen-bond donors (Lipinski definition) is 0. The first kappa shape index (κ1) is 81.5. The average molecular weight is 1810 g/mol. The lowest BCUT2D eigenvalue weighted by Crippen LogP contribution is -1.92. The zero-order valence-corrected chi connectivity index (χ0v) is 77.1. The first-order chi connectivity index (χ1) is 70.5. The number of furan rings is 3. The lowest BCUT2D eigenvalue weighted by molar-refractivity contribution is 0.669. The van der Waals surface area contributed by atoms with Gasteiger partial charge in [-0.05, 0) is 284 Å². The van der Waals surface area contributed by atoms with Crippen LogP contribution in [0.4, 0.5) is 0 Å². The van der Waals surface area contributed by atoms with Gasteiger partial charge in [-0.15, -0.1) is 0 Å². The van der Waals surface area contributed by atoms with Crippen LogP contribution in [0.3, 0.4) is 0 Å². The largest absolute Gasteiger partial charge is 0.456 e. The van der Waals surface area contributed by atoms with Gasteiger partial charge >= 0.3 is 0 Å². The normalized spacial score (nSPS) is 11.8. The molecule has 0 N–H and O–H groups in total. The predicted octanol–water partition coefficient (Wildman–Crippen LogP) is 38.6. The molecule has 5 aromatic heterocycles. The minimum Gasteiger partial charge on any atom is -0.456 e. The molecule has 0 saturated heterocycles. The Morgan fingerprint density at radius 3 is 0.986 bits per heavy atom. The zero-order chi connectivity index (χ0) is 93.4. The highest BCUT2D eigenvalue weighted by Gasteiger charge is 2.28. The highest BCUT2D eigenvalue weighted by molar-refractivity contribution is 6.30. The van der Waals surface area contributed by atoms with Crippen LogP contribution >= 0.6 is 0 Å². The Hall–Kier alpha value is -18.8. The fourth-order valence-corrected chi connectivity index (χ4v) is 23.0. The molecule has 0 aliphatic heterocycles. The van der Waals surface area contributed by atoms with Crippen LogP contribution in [0.15, 0.2) is 523 Å². The zero-order valence-electron chi connectivity index (χ0n) is 77.1. The third-order valence-electron chi connectivity index (χ3n) is 29.3. The van der Waals surface area contributed by atoms with Gasteiger partial charge in [-0.3, -0.25) is 4.98 Å². The Morgan fingerprint density at radius 1 is 0.162 bits per heavy atom. The van der Waals surface area contributed by atoms with Gasteiger partial charge in [0, 0.05) is 66.1 Å². The highest BCUT2D eigenvalue weighted by Crippen LogP contribution is 2.53. The van der Waals surface area contributed by atoms with Gasteiger partial charge in [-0.1, -0.05) is 400 Å². The van der Waals surface area contributed by atoms with E-state index in [-0.39, 0.29) is 0 Å². The van der Waals surface area contributed by atoms with Crippen molar-refractivity contribution in [1.29, 1.82) is 0 Å². The first-order valence-electron chi connectivity index (χ1n) is 48.7. The monoisotopic (exact) mass is 1800 g/mol. The molecule has 660 valence electrons. The van der Waals surface area contributed by atoms with E-state index in [0.717, 1.165) is 93.9 Å². The highest BCUT2D eigenvalue weighted by atomic mass is 16.3. The molecule has 0 bridgehead atoms. The van der Waals surface area contributed by atoms with Crippen LogP contribution < -0.4 is 0 Å². The van der Waals surface area contributed by atoms with E-state index in [2.05, 4.69) is 489 Å². The first-order valence-corrected chi connectivity index (χ1v) is 48.7. The van der Waals surface area contributed by atoms with Gasteiger partial charge in [0.15, 0.2) is 0 Å². The second-order valence-corrected chi connectivity index (χ2v) is 37.2. The molecule has 30 aromatic rings. The molecule has 0 aliphatic carbocycles. The predicted molar refractivity (Wildman–Crippen MR) is 600 cm³/mol. The standard InChI is InChI=1S/C54H33NO.C42H26O.C41H25NO/c1-2-16-38(17-3-1)55-48-26-11-10-22-46(48)53-43(23-13-27-49(53)55)44-24-12-25-45-47-33-37(30-31-50(47)56-54(44)45)52-41-20-8-6-18-39(41)51(40-19-7-9-21-42(40)52)36-29-28-34-14-4-5-15-35(34)32-36;1-2-10-27(11-3-1)30-20-22-39-37(25-30)38-26-32(21-23-40(38)43-39)42-35-16-8-6-14-33(35)41(34-15-7-9-17-36(34)42)31-19-18-28-12-4-5-13-29(28)24-31;1-2-12-27-25-28(21-20-26(27)11-1)38-29-13-3-5-15-31(29)39(32-16-6-4-14-30(32)38)35-23-22-33(36-18-9-10-24-42-36)41-40(35)34-17-7-8-19-37(34)43-41/h1-33H;1-26H;1-25H. The molecular formula is C137H84N2O3. The van der Waals surface area contributed by atoms with E-state index in [1.165, 1.54) is 197 Å². The van der Waals surface area contributed by atoms with Crippen molar-refractivity contribution in [3.63, 3.8) is 0 Å². The van der Waals surface area contributed by atoms with Crippen molar-refractivity contribution in [2.24, 2.45) is 0 Å². The summed E-state index contributed by atoms with van der Waals surface area (Å²) >= 11 is 0. The number of hydrogen-bond acceptors (Lipinski definition) is 4. The van der Waals surface area contributed by atoms with E-state index >= 15 is 0 Å². The van der Waals surface area contributed by atoms with Crippen LogP contribution in [0.25, 0.3) is 291 Å². The van der Waals surface area contributed by atoms with Crippen molar-refractivity contribution in [1.82, 2.24) is 9.55 Å². The van der Waals surface area contributed by atoms with Gasteiger partial charge in [0.25, 0.3) is 0 Å². The summed E-state index contributed by atoms with van der Waals surface area (Å²) in [6.07, 6.45) is 1.84. The summed E-state index contributed by atoms with van der Waals surface area (Å²) < 4.78 is 22.2. The van der Waals surface area contributed by atoms with Crippen molar-refractivity contribution < 1.29 is 13.3 Å². The number of fused-ring (bicyclic) bond motifs is 21. The summed E-state index contributed by atoms with van der Waals surface area (Å²) in [4.78, 5) is 4.68. The summed E-state index contributed by atoms with van der Waals surface area (Å²) in [5.74, 6) is 0.